The molecular weight excluding hydrogens is 266 g/mol. The molecule has 1 aliphatic carbocycles. The maximum Gasteiger partial charge on any atom is 0.241 e. The molecule has 21 heavy (non-hydrogen) atoms. The van der Waals surface area contributed by atoms with E-state index in [1.165, 1.54) is 25.7 Å². The molecule has 2 amide bonds. The van der Waals surface area contributed by atoms with Gasteiger partial charge in [-0.1, -0.05) is 32.6 Å². The third-order valence-corrected chi connectivity index (χ3v) is 5.09. The normalized spacial score (nSPS) is 26.3. The number of hydrogen-bond acceptors (Lipinski definition) is 3. The molecule has 3 N–H and O–H groups in total. The number of rotatable bonds is 6. The van der Waals surface area contributed by atoms with E-state index in [9.17, 15) is 9.59 Å². The molecule has 1 aliphatic heterocycles. The highest BCUT2D eigenvalue weighted by Crippen LogP contribution is 2.29. The van der Waals surface area contributed by atoms with Gasteiger partial charge in [0.25, 0.3) is 0 Å². The zero-order valence-corrected chi connectivity index (χ0v) is 13.2. The largest absolute Gasteiger partial charge is 0.347 e. The Morgan fingerprint density at radius 2 is 2.05 bits per heavy atom. The van der Waals surface area contributed by atoms with Gasteiger partial charge in [-0.15, -0.1) is 0 Å². The second-order valence-electron chi connectivity index (χ2n) is 7.05. The average molecular weight is 295 g/mol. The van der Waals surface area contributed by atoms with Gasteiger partial charge in [0.1, 0.15) is 0 Å². The minimum atomic E-state index is 0.0102. The quantitative estimate of drug-likeness (QED) is 0.775. The number of nitrogens with two attached hydrogens (primary N) is 1. The Balaban J connectivity index is 1.63. The van der Waals surface area contributed by atoms with Crippen molar-refractivity contribution >= 4 is 11.8 Å². The Labute approximate surface area is 127 Å². The van der Waals surface area contributed by atoms with Crippen LogP contribution in [0.3, 0.4) is 0 Å². The van der Waals surface area contributed by atoms with Gasteiger partial charge in [0, 0.05) is 19.5 Å². The summed E-state index contributed by atoms with van der Waals surface area (Å²) in [6.45, 7) is 4.31. The summed E-state index contributed by atoms with van der Waals surface area (Å²) in [6, 6.07) is 0. The molecule has 1 atom stereocenters. The Kier molecular flexibility index (Phi) is 5.62. The topological polar surface area (TPSA) is 75.4 Å². The van der Waals surface area contributed by atoms with Crippen LogP contribution in [-0.2, 0) is 9.59 Å². The minimum Gasteiger partial charge on any atom is -0.347 e. The van der Waals surface area contributed by atoms with Crippen LogP contribution in [-0.4, -0.2) is 42.9 Å². The van der Waals surface area contributed by atoms with Crippen molar-refractivity contribution in [2.24, 2.45) is 17.1 Å². The van der Waals surface area contributed by atoms with Gasteiger partial charge >= 0.3 is 0 Å². The van der Waals surface area contributed by atoms with Crippen LogP contribution in [0.15, 0.2) is 0 Å². The number of carbonyl (C=O) groups excluding carboxylic acids is 2. The molecule has 0 aromatic carbocycles. The highest BCUT2D eigenvalue weighted by Gasteiger charge is 2.34. The molecule has 1 saturated carbocycles. The van der Waals surface area contributed by atoms with E-state index in [0.29, 0.717) is 19.5 Å². The van der Waals surface area contributed by atoms with E-state index in [4.69, 9.17) is 5.73 Å². The Hall–Kier alpha value is -1.10. The van der Waals surface area contributed by atoms with E-state index in [0.717, 1.165) is 25.3 Å². The summed E-state index contributed by atoms with van der Waals surface area (Å²) < 4.78 is 0. The lowest BCUT2D eigenvalue weighted by molar-refractivity contribution is -0.132. The lowest BCUT2D eigenvalue weighted by Crippen LogP contribution is -2.40. The fourth-order valence-corrected chi connectivity index (χ4v) is 3.41. The van der Waals surface area contributed by atoms with Gasteiger partial charge in [0.15, 0.2) is 0 Å². The molecular formula is C16H29N3O2. The fraction of sp³-hybridized carbons (Fsp3) is 0.875. The maximum absolute atomic E-state index is 12.1. The van der Waals surface area contributed by atoms with Gasteiger partial charge in [0.2, 0.25) is 11.8 Å². The molecule has 1 unspecified atom stereocenters. The highest BCUT2D eigenvalue weighted by molar-refractivity contribution is 5.84. The Morgan fingerprint density at radius 3 is 2.67 bits per heavy atom. The smallest absolute Gasteiger partial charge is 0.241 e. The standard InChI is InChI=1S/C16H29N3O2/c1-16(11-17)8-9-19(12-16)15(21)10-18-14(20)7-6-13-4-2-3-5-13/h13H,2-12,17H2,1H3,(H,18,20). The van der Waals surface area contributed by atoms with Crippen molar-refractivity contribution in [3.05, 3.63) is 0 Å². The van der Waals surface area contributed by atoms with Crippen molar-refractivity contribution in [2.75, 3.05) is 26.2 Å². The molecule has 0 bridgehead atoms. The number of amides is 2. The average Bonchev–Trinajstić information content (AvgIpc) is 3.12. The van der Waals surface area contributed by atoms with E-state index < -0.39 is 0 Å². The lowest BCUT2D eigenvalue weighted by Gasteiger charge is -2.22. The number of carbonyl (C=O) groups is 2. The van der Waals surface area contributed by atoms with Gasteiger partial charge < -0.3 is 16.0 Å². The molecule has 2 fully saturated rings. The van der Waals surface area contributed by atoms with Crippen LogP contribution in [0.5, 0.6) is 0 Å². The Bertz CT molecular complexity index is 380. The first kappa shape index (κ1) is 16.3. The first-order valence-electron chi connectivity index (χ1n) is 8.27. The van der Waals surface area contributed by atoms with Crippen LogP contribution < -0.4 is 11.1 Å². The van der Waals surface area contributed by atoms with Gasteiger partial charge in [-0.2, -0.15) is 0 Å². The summed E-state index contributed by atoms with van der Waals surface area (Å²) >= 11 is 0. The van der Waals surface area contributed by atoms with Crippen LogP contribution >= 0.6 is 0 Å². The fourth-order valence-electron chi connectivity index (χ4n) is 3.41. The van der Waals surface area contributed by atoms with E-state index in [1.807, 2.05) is 4.90 Å². The van der Waals surface area contributed by atoms with Gasteiger partial charge in [-0.3, -0.25) is 9.59 Å². The van der Waals surface area contributed by atoms with Gasteiger partial charge in [-0.25, -0.2) is 0 Å². The second kappa shape index (κ2) is 7.25. The van der Waals surface area contributed by atoms with Crippen molar-refractivity contribution < 1.29 is 9.59 Å². The molecule has 1 saturated heterocycles. The van der Waals surface area contributed by atoms with E-state index in [-0.39, 0.29) is 23.8 Å². The van der Waals surface area contributed by atoms with Gasteiger partial charge in [0.05, 0.1) is 6.54 Å². The highest BCUT2D eigenvalue weighted by atomic mass is 16.2. The third kappa shape index (κ3) is 4.70. The number of hydrogen-bond donors (Lipinski definition) is 2. The summed E-state index contributed by atoms with van der Waals surface area (Å²) in [4.78, 5) is 25.7. The zero-order valence-electron chi connectivity index (χ0n) is 13.2. The summed E-state index contributed by atoms with van der Waals surface area (Å²) in [5.74, 6) is 0.743. The van der Waals surface area contributed by atoms with Crippen LogP contribution in [0.1, 0.15) is 51.9 Å². The van der Waals surface area contributed by atoms with Crippen LogP contribution in [0.2, 0.25) is 0 Å². The van der Waals surface area contributed by atoms with E-state index >= 15 is 0 Å². The second-order valence-corrected chi connectivity index (χ2v) is 7.05. The summed E-state index contributed by atoms with van der Waals surface area (Å²) in [5, 5.41) is 2.77. The monoisotopic (exact) mass is 295 g/mol. The van der Waals surface area contributed by atoms with Crippen molar-refractivity contribution in [3.63, 3.8) is 0 Å². The number of likely N-dealkylation sites (tertiary alicyclic amines) is 1. The first-order valence-corrected chi connectivity index (χ1v) is 8.27. The van der Waals surface area contributed by atoms with E-state index in [1.54, 1.807) is 0 Å². The molecule has 2 rings (SSSR count). The summed E-state index contributed by atoms with van der Waals surface area (Å²) in [6.07, 6.45) is 7.60. The SMILES string of the molecule is CC1(CN)CCN(C(=O)CNC(=O)CCC2CCCC2)C1. The number of nitrogens with one attached hydrogen (secondary N) is 1. The first-order chi connectivity index (χ1) is 10.0. The third-order valence-electron chi connectivity index (χ3n) is 5.09. The Morgan fingerprint density at radius 1 is 1.33 bits per heavy atom. The molecule has 0 aromatic rings. The van der Waals surface area contributed by atoms with Crippen LogP contribution in [0.25, 0.3) is 0 Å². The van der Waals surface area contributed by atoms with Crippen molar-refractivity contribution in [2.45, 2.75) is 51.9 Å². The molecule has 5 nitrogen and oxygen atoms in total. The lowest BCUT2D eigenvalue weighted by atomic mass is 9.90. The number of nitrogens with zero attached hydrogens (tertiary/aromatic N) is 1. The van der Waals surface area contributed by atoms with Crippen LogP contribution in [0.4, 0.5) is 0 Å². The molecule has 0 aromatic heterocycles. The summed E-state index contributed by atoms with van der Waals surface area (Å²) in [5.41, 5.74) is 5.79. The van der Waals surface area contributed by atoms with Crippen molar-refractivity contribution in [1.29, 1.82) is 0 Å². The maximum atomic E-state index is 12.1. The van der Waals surface area contributed by atoms with Gasteiger partial charge in [-0.05, 0) is 30.7 Å². The van der Waals surface area contributed by atoms with Crippen molar-refractivity contribution in [1.82, 2.24) is 10.2 Å². The minimum absolute atomic E-state index is 0.0102. The van der Waals surface area contributed by atoms with Crippen LogP contribution in [0, 0.1) is 11.3 Å². The summed E-state index contributed by atoms with van der Waals surface area (Å²) in [7, 11) is 0. The molecule has 2 aliphatic rings. The van der Waals surface area contributed by atoms with E-state index in [2.05, 4.69) is 12.2 Å². The molecule has 1 heterocycles. The predicted molar refractivity (Wildman–Crippen MR) is 82.6 cm³/mol. The molecule has 120 valence electrons. The molecule has 5 heteroatoms. The molecule has 0 radical (unpaired) electrons. The predicted octanol–water partition coefficient (Wildman–Crippen LogP) is 1.27. The zero-order chi connectivity index (χ0) is 15.3. The molecule has 0 spiro atoms. The van der Waals surface area contributed by atoms with Crippen molar-refractivity contribution in [3.8, 4) is 0 Å².